The molecule has 0 atom stereocenters. The molecular weight excluding hydrogens is 442 g/mol. The van der Waals surface area contributed by atoms with Crippen molar-refractivity contribution in [3.63, 3.8) is 0 Å². The third-order valence-electron chi connectivity index (χ3n) is 6.65. The molecule has 2 aromatic rings. The van der Waals surface area contributed by atoms with Gasteiger partial charge in [-0.2, -0.15) is 12.7 Å². The van der Waals surface area contributed by atoms with Gasteiger partial charge in [-0.25, -0.2) is 0 Å². The van der Waals surface area contributed by atoms with Gasteiger partial charge in [-0.05, 0) is 49.8 Å². The molecule has 0 aliphatic heterocycles. The maximum Gasteiger partial charge on any atom is 0.302 e. The fourth-order valence-corrected chi connectivity index (χ4v) is 6.31. The molecule has 1 spiro atoms. The zero-order chi connectivity index (χ0) is 19.5. The quantitative estimate of drug-likeness (QED) is 0.714. The first kappa shape index (κ1) is 18.6. The summed E-state index contributed by atoms with van der Waals surface area (Å²) in [5, 5.41) is 4.13. The van der Waals surface area contributed by atoms with Crippen molar-refractivity contribution in [2.45, 2.75) is 62.8 Å². The van der Waals surface area contributed by atoms with Crippen molar-refractivity contribution in [3.8, 4) is 11.3 Å². The molecule has 1 N–H and O–H groups in total. The third kappa shape index (κ3) is 3.00. The molecule has 6 nitrogen and oxygen atoms in total. The van der Waals surface area contributed by atoms with Crippen LogP contribution in [-0.4, -0.2) is 31.0 Å². The Hall–Kier alpha value is -1.38. The van der Waals surface area contributed by atoms with Crippen molar-refractivity contribution >= 4 is 32.0 Å². The fraction of sp³-hybridized carbons (Fsp3) is 0.550. The minimum atomic E-state index is -3.67. The number of hydrogen-bond donors (Lipinski definition) is 1. The highest BCUT2D eigenvalue weighted by Gasteiger charge is 2.50. The lowest BCUT2D eigenvalue weighted by atomic mass is 9.79. The van der Waals surface area contributed by atoms with E-state index in [2.05, 4.69) is 37.9 Å². The molecule has 0 bridgehead atoms. The second-order valence-electron chi connectivity index (χ2n) is 8.40. The van der Waals surface area contributed by atoms with Crippen molar-refractivity contribution in [2.75, 3.05) is 11.8 Å². The van der Waals surface area contributed by atoms with E-state index in [1.165, 1.54) is 16.3 Å². The van der Waals surface area contributed by atoms with Crippen LogP contribution in [0.3, 0.4) is 0 Å². The summed E-state index contributed by atoms with van der Waals surface area (Å²) in [7, 11) is -2.00. The molecule has 3 aliphatic carbocycles. The fourth-order valence-electron chi connectivity index (χ4n) is 4.80. The van der Waals surface area contributed by atoms with E-state index >= 15 is 0 Å². The van der Waals surface area contributed by atoms with Gasteiger partial charge in [0.25, 0.3) is 0 Å². The summed E-state index contributed by atoms with van der Waals surface area (Å²) in [4.78, 5) is 0. The molecule has 3 aliphatic rings. The van der Waals surface area contributed by atoms with Gasteiger partial charge < -0.3 is 4.52 Å². The van der Waals surface area contributed by atoms with Crippen molar-refractivity contribution in [1.82, 2.24) is 9.46 Å². The smallest absolute Gasteiger partial charge is 0.302 e. The number of aromatic nitrogens is 1. The predicted octanol–water partition coefficient (Wildman–Crippen LogP) is 4.61. The summed E-state index contributed by atoms with van der Waals surface area (Å²) in [5.41, 5.74) is 3.29. The Balaban J connectivity index is 1.48. The molecule has 2 saturated carbocycles. The van der Waals surface area contributed by atoms with Crippen LogP contribution >= 0.6 is 15.9 Å². The van der Waals surface area contributed by atoms with Crippen molar-refractivity contribution in [1.29, 1.82) is 0 Å². The van der Waals surface area contributed by atoms with Crippen LogP contribution in [-0.2, 0) is 22.0 Å². The Morgan fingerprint density at radius 3 is 2.71 bits per heavy atom. The maximum absolute atomic E-state index is 13.0. The molecule has 1 aromatic heterocycles. The molecule has 8 heteroatoms. The number of rotatable bonds is 4. The Bertz CT molecular complexity index is 1020. The number of nitrogens with zero attached hydrogens (tertiary/aromatic N) is 2. The number of nitrogens with one attached hydrogen (secondary N) is 1. The average molecular weight is 466 g/mol. The zero-order valence-corrected chi connectivity index (χ0v) is 18.3. The van der Waals surface area contributed by atoms with E-state index in [1.54, 1.807) is 7.05 Å². The summed E-state index contributed by atoms with van der Waals surface area (Å²) in [6.45, 7) is 0. The summed E-state index contributed by atoms with van der Waals surface area (Å²) in [5.74, 6) is 1.03. The molecule has 0 saturated heterocycles. The number of fused-ring (bicyclic) bond motifs is 4. The summed E-state index contributed by atoms with van der Waals surface area (Å²) >= 11 is 3.54. The van der Waals surface area contributed by atoms with Crippen LogP contribution in [0.25, 0.3) is 11.3 Å². The molecule has 0 unspecified atom stereocenters. The van der Waals surface area contributed by atoms with Crippen LogP contribution in [0.4, 0.5) is 5.82 Å². The van der Waals surface area contributed by atoms with Gasteiger partial charge in [-0.1, -0.05) is 46.4 Å². The highest BCUT2D eigenvalue weighted by molar-refractivity contribution is 9.10. The van der Waals surface area contributed by atoms with Crippen LogP contribution in [0.5, 0.6) is 0 Å². The van der Waals surface area contributed by atoms with Crippen molar-refractivity contribution in [2.24, 2.45) is 0 Å². The van der Waals surface area contributed by atoms with Gasteiger partial charge in [0.05, 0.1) is 0 Å². The number of anilines is 1. The monoisotopic (exact) mass is 465 g/mol. The predicted molar refractivity (Wildman–Crippen MR) is 111 cm³/mol. The van der Waals surface area contributed by atoms with Gasteiger partial charge in [-0.3, -0.25) is 4.72 Å². The van der Waals surface area contributed by atoms with Crippen LogP contribution in [0.1, 0.15) is 56.1 Å². The maximum atomic E-state index is 13.0. The van der Waals surface area contributed by atoms with Crippen LogP contribution in [0.2, 0.25) is 0 Å². The first-order chi connectivity index (χ1) is 13.4. The van der Waals surface area contributed by atoms with Gasteiger partial charge in [0, 0.05) is 34.1 Å². The number of hydrogen-bond acceptors (Lipinski definition) is 4. The Morgan fingerprint density at radius 2 is 2.00 bits per heavy atom. The molecule has 1 heterocycles. The normalized spacial score (nSPS) is 20.8. The zero-order valence-electron chi connectivity index (χ0n) is 15.9. The lowest BCUT2D eigenvalue weighted by Crippen LogP contribution is -2.41. The van der Waals surface area contributed by atoms with Crippen LogP contribution < -0.4 is 4.72 Å². The van der Waals surface area contributed by atoms with Crippen LogP contribution in [0, 0.1) is 0 Å². The standard InChI is InChI=1S/C20H24BrN3O3S/c1-24(14-5-3-2-4-6-14)28(25,26)23-19-16-12-20(9-10-20)17-8-7-13(21)11-15(17)18(16)27-22-19/h7-8,11,14H,2-6,9-10,12H2,1H3,(H,22,23). The van der Waals surface area contributed by atoms with Crippen LogP contribution in [0.15, 0.2) is 27.2 Å². The van der Waals surface area contributed by atoms with E-state index < -0.39 is 10.2 Å². The van der Waals surface area contributed by atoms with E-state index in [0.29, 0.717) is 11.6 Å². The van der Waals surface area contributed by atoms with Crippen molar-refractivity contribution < 1.29 is 12.9 Å². The van der Waals surface area contributed by atoms with Gasteiger partial charge in [0.15, 0.2) is 11.6 Å². The van der Waals surface area contributed by atoms with Gasteiger partial charge in [0.1, 0.15) is 0 Å². The summed E-state index contributed by atoms with van der Waals surface area (Å²) in [6.07, 6.45) is 8.17. The molecule has 150 valence electrons. The molecule has 2 fully saturated rings. The van der Waals surface area contributed by atoms with Crippen molar-refractivity contribution in [3.05, 3.63) is 33.8 Å². The first-order valence-corrected chi connectivity index (χ1v) is 12.2. The minimum absolute atomic E-state index is 0.0560. The second-order valence-corrected chi connectivity index (χ2v) is 11.0. The largest absolute Gasteiger partial charge is 0.354 e. The third-order valence-corrected chi connectivity index (χ3v) is 8.65. The Morgan fingerprint density at radius 1 is 1.25 bits per heavy atom. The highest BCUT2D eigenvalue weighted by atomic mass is 79.9. The van der Waals surface area contributed by atoms with Gasteiger partial charge in [0.2, 0.25) is 0 Å². The lowest BCUT2D eigenvalue weighted by Gasteiger charge is -2.30. The SMILES string of the molecule is CN(C1CCCCC1)S(=O)(=O)Nc1noc2c1CC1(CC1)c1ccc(Br)cc1-2. The average Bonchev–Trinajstić information content (AvgIpc) is 3.35. The molecule has 5 rings (SSSR count). The molecule has 0 radical (unpaired) electrons. The number of benzene rings is 1. The second kappa shape index (κ2) is 6.57. The van der Waals surface area contributed by atoms with E-state index in [4.69, 9.17) is 4.52 Å². The first-order valence-electron chi connectivity index (χ1n) is 9.94. The topological polar surface area (TPSA) is 75.4 Å². The highest BCUT2D eigenvalue weighted by Crippen LogP contribution is 2.58. The summed E-state index contributed by atoms with van der Waals surface area (Å²) in [6, 6.07) is 6.31. The van der Waals surface area contributed by atoms with E-state index in [-0.39, 0.29) is 11.5 Å². The molecule has 0 amide bonds. The minimum Gasteiger partial charge on any atom is -0.354 e. The Labute approximate surface area is 174 Å². The molecule has 1 aromatic carbocycles. The van der Waals surface area contributed by atoms with E-state index in [0.717, 1.165) is 60.5 Å². The lowest BCUT2D eigenvalue weighted by molar-refractivity contribution is 0.287. The van der Waals surface area contributed by atoms with Gasteiger partial charge >= 0.3 is 10.2 Å². The van der Waals surface area contributed by atoms with Gasteiger partial charge in [-0.15, -0.1) is 0 Å². The molecular formula is C20H24BrN3O3S. The van der Waals surface area contributed by atoms with E-state index in [1.807, 2.05) is 6.07 Å². The Kier molecular flexibility index (Phi) is 4.37. The molecule has 28 heavy (non-hydrogen) atoms. The number of halogens is 1. The summed E-state index contributed by atoms with van der Waals surface area (Å²) < 4.78 is 36.8. The van der Waals surface area contributed by atoms with E-state index in [9.17, 15) is 8.42 Å².